The van der Waals surface area contributed by atoms with Crippen molar-refractivity contribution in [3.63, 3.8) is 0 Å². The lowest BCUT2D eigenvalue weighted by Crippen LogP contribution is -2.46. The largest absolute Gasteiger partial charge is 0.346 e. The zero-order valence-electron chi connectivity index (χ0n) is 11.8. The predicted molar refractivity (Wildman–Crippen MR) is 85.0 cm³/mol. The molecule has 0 aliphatic heterocycles. The molecule has 1 unspecified atom stereocenters. The van der Waals surface area contributed by atoms with Crippen molar-refractivity contribution in [3.05, 3.63) is 39.5 Å². The summed E-state index contributed by atoms with van der Waals surface area (Å²) in [6, 6.07) is 1.92. The van der Waals surface area contributed by atoms with Crippen molar-refractivity contribution in [1.29, 1.82) is 0 Å². The molecule has 0 bridgehead atoms. The summed E-state index contributed by atoms with van der Waals surface area (Å²) in [6.45, 7) is 7.08. The molecule has 1 atom stereocenters. The van der Waals surface area contributed by atoms with E-state index in [0.29, 0.717) is 11.4 Å². The molecule has 2 rings (SSSR count). The van der Waals surface area contributed by atoms with Crippen LogP contribution in [0.3, 0.4) is 0 Å². The lowest BCUT2D eigenvalue weighted by Gasteiger charge is -2.31. The van der Waals surface area contributed by atoms with Gasteiger partial charge in [-0.15, -0.1) is 11.3 Å². The van der Waals surface area contributed by atoms with Crippen LogP contribution in [0.1, 0.15) is 30.4 Å². The summed E-state index contributed by atoms with van der Waals surface area (Å²) >= 11 is 4.84. The van der Waals surface area contributed by atoms with Gasteiger partial charge < -0.3 is 9.88 Å². The second-order valence-electron chi connectivity index (χ2n) is 5.75. The molecule has 0 spiro atoms. The average Bonchev–Trinajstić information content (AvgIpc) is 2.98. The molecule has 0 saturated carbocycles. The van der Waals surface area contributed by atoms with Gasteiger partial charge in [-0.2, -0.15) is 0 Å². The van der Waals surface area contributed by atoms with Crippen LogP contribution in [0.15, 0.2) is 34.6 Å². The first-order chi connectivity index (χ1) is 9.38. The van der Waals surface area contributed by atoms with Gasteiger partial charge in [0.25, 0.3) is 5.91 Å². The van der Waals surface area contributed by atoms with E-state index >= 15 is 0 Å². The summed E-state index contributed by atoms with van der Waals surface area (Å²) in [6.07, 6.45) is 5.43. The Hall–Kier alpha value is -1.14. The molecule has 0 fully saturated rings. The average molecular weight is 356 g/mol. The number of hydrogen-bond donors (Lipinski definition) is 1. The molecule has 0 aliphatic carbocycles. The Morgan fingerprint density at radius 2 is 2.30 bits per heavy atom. The highest BCUT2D eigenvalue weighted by atomic mass is 79.9. The number of carbonyl (C=O) groups is 1. The van der Waals surface area contributed by atoms with Crippen LogP contribution in [0.5, 0.6) is 0 Å². The lowest BCUT2D eigenvalue weighted by atomic mass is 9.86. The van der Waals surface area contributed by atoms with Crippen LogP contribution in [0, 0.1) is 5.41 Å². The van der Waals surface area contributed by atoms with E-state index in [1.165, 1.54) is 11.3 Å². The van der Waals surface area contributed by atoms with Gasteiger partial charge in [0.05, 0.1) is 12.4 Å². The summed E-state index contributed by atoms with van der Waals surface area (Å²) in [5, 5.41) is 5.04. The van der Waals surface area contributed by atoms with Gasteiger partial charge in [0.1, 0.15) is 4.88 Å². The van der Waals surface area contributed by atoms with Gasteiger partial charge in [-0.3, -0.25) is 4.79 Å². The molecule has 2 aromatic rings. The highest BCUT2D eigenvalue weighted by Gasteiger charge is 2.27. The van der Waals surface area contributed by atoms with Crippen LogP contribution in [-0.2, 0) is 6.54 Å². The monoisotopic (exact) mass is 355 g/mol. The maximum absolute atomic E-state index is 12.4. The predicted octanol–water partition coefficient (Wildman–Crippen LogP) is 3.55. The summed E-state index contributed by atoms with van der Waals surface area (Å²) in [7, 11) is 0. The van der Waals surface area contributed by atoms with Gasteiger partial charge >= 0.3 is 0 Å². The molecule has 2 heterocycles. The maximum Gasteiger partial charge on any atom is 0.262 e. The Morgan fingerprint density at radius 3 is 2.80 bits per heavy atom. The van der Waals surface area contributed by atoms with Crippen molar-refractivity contribution >= 4 is 33.2 Å². The Labute approximate surface area is 131 Å². The highest BCUT2D eigenvalue weighted by molar-refractivity contribution is 9.10. The molecule has 20 heavy (non-hydrogen) atoms. The van der Waals surface area contributed by atoms with E-state index in [2.05, 4.69) is 47.0 Å². The van der Waals surface area contributed by atoms with E-state index in [1.54, 1.807) is 12.5 Å². The number of thiophene rings is 1. The molecule has 6 heteroatoms. The van der Waals surface area contributed by atoms with Gasteiger partial charge in [0.15, 0.2) is 0 Å². The Morgan fingerprint density at radius 1 is 1.55 bits per heavy atom. The second kappa shape index (κ2) is 6.10. The molecule has 0 aromatic carbocycles. The zero-order valence-corrected chi connectivity index (χ0v) is 14.2. The van der Waals surface area contributed by atoms with Crippen molar-refractivity contribution in [1.82, 2.24) is 14.9 Å². The lowest BCUT2D eigenvalue weighted by molar-refractivity contribution is 0.0896. The normalized spacial score (nSPS) is 13.2. The third kappa shape index (κ3) is 3.70. The molecule has 108 valence electrons. The quantitative estimate of drug-likeness (QED) is 0.911. The van der Waals surface area contributed by atoms with Crippen LogP contribution < -0.4 is 5.32 Å². The molecular weight excluding hydrogens is 338 g/mol. The molecular formula is C14H18BrN3OS. The first-order valence-corrected chi connectivity index (χ1v) is 8.05. The van der Waals surface area contributed by atoms with E-state index < -0.39 is 0 Å². The molecule has 1 amide bonds. The van der Waals surface area contributed by atoms with Gasteiger partial charge in [0.2, 0.25) is 0 Å². The third-order valence-electron chi connectivity index (χ3n) is 3.13. The van der Waals surface area contributed by atoms with Crippen molar-refractivity contribution in [2.24, 2.45) is 5.41 Å². The number of nitrogens with zero attached hydrogens (tertiary/aromatic N) is 2. The molecule has 2 aromatic heterocycles. The first-order valence-electron chi connectivity index (χ1n) is 6.37. The Kier molecular flexibility index (Phi) is 4.65. The van der Waals surface area contributed by atoms with E-state index in [0.717, 1.165) is 4.47 Å². The van der Waals surface area contributed by atoms with Crippen LogP contribution in [0.25, 0.3) is 0 Å². The minimum Gasteiger partial charge on any atom is -0.346 e. The standard InChI is InChI=1S/C14H18BrN3OS/c1-14(2,3)11(8-18-6-5-16-9-18)17-13(19)12-10(15)4-7-20-12/h4-7,9,11H,8H2,1-3H3,(H,17,19). The fourth-order valence-electron chi connectivity index (χ4n) is 1.82. The SMILES string of the molecule is CC(C)(C)C(Cn1ccnc1)NC(=O)c1sccc1Br. The Bertz CT molecular complexity index is 572. The number of rotatable bonds is 4. The second-order valence-corrected chi connectivity index (χ2v) is 7.52. The van der Waals surface area contributed by atoms with Crippen LogP contribution >= 0.6 is 27.3 Å². The van der Waals surface area contributed by atoms with Crippen LogP contribution in [-0.4, -0.2) is 21.5 Å². The van der Waals surface area contributed by atoms with E-state index in [9.17, 15) is 4.79 Å². The minimum absolute atomic E-state index is 0.0261. The van der Waals surface area contributed by atoms with Crippen molar-refractivity contribution in [3.8, 4) is 0 Å². The zero-order chi connectivity index (χ0) is 14.8. The van der Waals surface area contributed by atoms with E-state index in [1.807, 2.05) is 22.2 Å². The first kappa shape index (κ1) is 15.3. The summed E-state index contributed by atoms with van der Waals surface area (Å²) in [5.74, 6) is -0.0353. The van der Waals surface area contributed by atoms with Crippen molar-refractivity contribution in [2.45, 2.75) is 33.4 Å². The summed E-state index contributed by atoms with van der Waals surface area (Å²) in [5.41, 5.74) is -0.0380. The van der Waals surface area contributed by atoms with Gasteiger partial charge in [0, 0.05) is 23.4 Å². The topological polar surface area (TPSA) is 46.9 Å². The molecule has 0 radical (unpaired) electrons. The number of aromatic nitrogens is 2. The van der Waals surface area contributed by atoms with Crippen molar-refractivity contribution in [2.75, 3.05) is 0 Å². The van der Waals surface area contributed by atoms with Crippen LogP contribution in [0.4, 0.5) is 0 Å². The number of hydrogen-bond acceptors (Lipinski definition) is 3. The number of halogens is 1. The molecule has 0 aliphatic rings. The number of nitrogens with one attached hydrogen (secondary N) is 1. The van der Waals surface area contributed by atoms with Gasteiger partial charge in [-0.25, -0.2) is 4.98 Å². The van der Waals surface area contributed by atoms with Gasteiger partial charge in [-0.1, -0.05) is 20.8 Å². The highest BCUT2D eigenvalue weighted by Crippen LogP contribution is 2.25. The molecule has 0 saturated heterocycles. The smallest absolute Gasteiger partial charge is 0.262 e. The fourth-order valence-corrected chi connectivity index (χ4v) is 3.28. The maximum atomic E-state index is 12.4. The molecule has 1 N–H and O–H groups in total. The van der Waals surface area contributed by atoms with E-state index in [-0.39, 0.29) is 17.4 Å². The summed E-state index contributed by atoms with van der Waals surface area (Å²) < 4.78 is 2.83. The van der Waals surface area contributed by atoms with Gasteiger partial charge in [-0.05, 0) is 32.8 Å². The van der Waals surface area contributed by atoms with Crippen molar-refractivity contribution < 1.29 is 4.79 Å². The number of carbonyl (C=O) groups excluding carboxylic acids is 1. The van der Waals surface area contributed by atoms with Crippen LogP contribution in [0.2, 0.25) is 0 Å². The van der Waals surface area contributed by atoms with E-state index in [4.69, 9.17) is 0 Å². The molecule has 4 nitrogen and oxygen atoms in total. The third-order valence-corrected chi connectivity index (χ3v) is 4.96. The number of imidazole rings is 1. The minimum atomic E-state index is -0.0380. The fraction of sp³-hybridized carbons (Fsp3) is 0.429. The summed E-state index contributed by atoms with van der Waals surface area (Å²) in [4.78, 5) is 17.1. The number of amides is 1. The Balaban J connectivity index is 2.12.